The van der Waals surface area contributed by atoms with E-state index in [2.05, 4.69) is 20.6 Å². The minimum Gasteiger partial charge on any atom is -0.487 e. The Morgan fingerprint density at radius 1 is 1.27 bits per heavy atom. The highest BCUT2D eigenvalue weighted by Crippen LogP contribution is 2.37. The van der Waals surface area contributed by atoms with Gasteiger partial charge in [-0.15, -0.1) is 10.2 Å². The molecule has 4 rings (SSSR count). The number of amides is 1. The molecule has 1 N–H and O–H groups in total. The third-order valence-electron chi connectivity index (χ3n) is 5.13. The molecule has 0 fully saturated rings. The van der Waals surface area contributed by atoms with Crippen LogP contribution in [0.3, 0.4) is 0 Å². The number of fused-ring (bicyclic) bond motifs is 1. The highest BCUT2D eigenvalue weighted by Gasteiger charge is 2.26. The summed E-state index contributed by atoms with van der Waals surface area (Å²) in [6.45, 7) is 4.96. The van der Waals surface area contributed by atoms with E-state index < -0.39 is 0 Å². The first kappa shape index (κ1) is 19.9. The zero-order valence-corrected chi connectivity index (χ0v) is 17.4. The van der Waals surface area contributed by atoms with E-state index in [1.807, 2.05) is 48.9 Å². The number of nitrogens with one attached hydrogen (secondary N) is 1. The van der Waals surface area contributed by atoms with E-state index in [1.165, 1.54) is 0 Å². The molecule has 0 aliphatic carbocycles. The zero-order chi connectivity index (χ0) is 21.1. The fourth-order valence-corrected chi connectivity index (χ4v) is 3.65. The van der Waals surface area contributed by atoms with Crippen LogP contribution in [-0.4, -0.2) is 45.6 Å². The molecule has 1 aliphatic rings. The van der Waals surface area contributed by atoms with Crippen LogP contribution in [0.25, 0.3) is 11.3 Å². The molecule has 0 radical (unpaired) electrons. The van der Waals surface area contributed by atoms with E-state index in [1.54, 1.807) is 13.2 Å². The Morgan fingerprint density at radius 2 is 2.13 bits per heavy atom. The largest absolute Gasteiger partial charge is 0.487 e. The van der Waals surface area contributed by atoms with Crippen molar-refractivity contribution >= 4 is 5.91 Å². The van der Waals surface area contributed by atoms with Crippen molar-refractivity contribution in [2.75, 3.05) is 13.7 Å². The minimum atomic E-state index is -0.106. The summed E-state index contributed by atoms with van der Waals surface area (Å²) in [4.78, 5) is 12.3. The number of nitrogens with zero attached hydrogens (tertiary/aromatic N) is 4. The second kappa shape index (κ2) is 8.52. The van der Waals surface area contributed by atoms with Crippen molar-refractivity contribution in [3.8, 4) is 22.9 Å². The average Bonchev–Trinajstić information content (AvgIpc) is 3.32. The number of para-hydroxylation sites is 1. The van der Waals surface area contributed by atoms with Crippen LogP contribution >= 0.6 is 0 Å². The Hall–Kier alpha value is -3.42. The lowest BCUT2D eigenvalue weighted by Gasteiger charge is -2.13. The van der Waals surface area contributed by atoms with Crippen LogP contribution in [-0.2, 0) is 17.8 Å². The SMILES string of the molecule is COc1ccc(-c2cccc3c2O[C@H](CNC(=O)CCn2nc(C)cc2C)C3)nn1. The Labute approximate surface area is 175 Å². The third-order valence-corrected chi connectivity index (χ3v) is 5.13. The summed E-state index contributed by atoms with van der Waals surface area (Å²) >= 11 is 0. The van der Waals surface area contributed by atoms with Gasteiger partial charge in [0.2, 0.25) is 11.8 Å². The average molecular weight is 407 g/mol. The maximum Gasteiger partial charge on any atom is 0.233 e. The van der Waals surface area contributed by atoms with Crippen molar-refractivity contribution in [3.63, 3.8) is 0 Å². The van der Waals surface area contributed by atoms with Gasteiger partial charge >= 0.3 is 0 Å². The monoisotopic (exact) mass is 407 g/mol. The molecule has 8 heteroatoms. The summed E-state index contributed by atoms with van der Waals surface area (Å²) in [5, 5.41) is 15.6. The molecule has 0 saturated heterocycles. The fraction of sp³-hybridized carbons (Fsp3) is 0.364. The molecule has 0 saturated carbocycles. The van der Waals surface area contributed by atoms with Crippen LogP contribution in [0.15, 0.2) is 36.4 Å². The number of ether oxygens (including phenoxy) is 2. The lowest BCUT2D eigenvalue weighted by atomic mass is 10.0. The first-order chi connectivity index (χ1) is 14.5. The molecule has 1 atom stereocenters. The molecule has 1 aromatic carbocycles. The van der Waals surface area contributed by atoms with Crippen LogP contribution in [0.1, 0.15) is 23.4 Å². The fourth-order valence-electron chi connectivity index (χ4n) is 3.65. The predicted molar refractivity (Wildman–Crippen MR) is 111 cm³/mol. The number of benzene rings is 1. The van der Waals surface area contributed by atoms with E-state index in [-0.39, 0.29) is 12.0 Å². The summed E-state index contributed by atoms with van der Waals surface area (Å²) in [6.07, 6.45) is 1.02. The van der Waals surface area contributed by atoms with Gasteiger partial charge in [0.1, 0.15) is 11.9 Å². The number of hydrogen-bond acceptors (Lipinski definition) is 6. The van der Waals surface area contributed by atoms with Gasteiger partial charge in [0.15, 0.2) is 0 Å². The molecule has 0 spiro atoms. The van der Waals surface area contributed by atoms with Gasteiger partial charge in [-0.05, 0) is 37.6 Å². The van der Waals surface area contributed by atoms with Gasteiger partial charge in [-0.2, -0.15) is 5.10 Å². The lowest BCUT2D eigenvalue weighted by Crippen LogP contribution is -2.34. The van der Waals surface area contributed by atoms with E-state index >= 15 is 0 Å². The van der Waals surface area contributed by atoms with E-state index in [4.69, 9.17) is 9.47 Å². The van der Waals surface area contributed by atoms with Gasteiger partial charge in [-0.1, -0.05) is 12.1 Å². The third kappa shape index (κ3) is 4.27. The number of rotatable bonds is 7. The minimum absolute atomic E-state index is 0.0108. The molecule has 1 amide bonds. The molecule has 0 bridgehead atoms. The van der Waals surface area contributed by atoms with Gasteiger partial charge in [0.25, 0.3) is 0 Å². The Balaban J connectivity index is 1.34. The van der Waals surface area contributed by atoms with Gasteiger partial charge < -0.3 is 14.8 Å². The molecular weight excluding hydrogens is 382 g/mol. The lowest BCUT2D eigenvalue weighted by molar-refractivity contribution is -0.121. The maximum atomic E-state index is 12.3. The second-order valence-electron chi connectivity index (χ2n) is 7.40. The van der Waals surface area contributed by atoms with E-state index in [9.17, 15) is 4.79 Å². The normalized spacial score (nSPS) is 14.8. The van der Waals surface area contributed by atoms with E-state index in [0.29, 0.717) is 25.4 Å². The van der Waals surface area contributed by atoms with Crippen LogP contribution < -0.4 is 14.8 Å². The topological polar surface area (TPSA) is 91.2 Å². The van der Waals surface area contributed by atoms with Crippen LogP contribution in [0, 0.1) is 13.8 Å². The number of aromatic nitrogens is 4. The summed E-state index contributed by atoms with van der Waals surface area (Å²) < 4.78 is 13.1. The second-order valence-corrected chi connectivity index (χ2v) is 7.40. The summed E-state index contributed by atoms with van der Waals surface area (Å²) in [5.41, 5.74) is 4.74. The number of carbonyl (C=O) groups is 1. The maximum absolute atomic E-state index is 12.3. The van der Waals surface area contributed by atoms with Gasteiger partial charge in [0, 0.05) is 36.7 Å². The molecule has 30 heavy (non-hydrogen) atoms. The summed E-state index contributed by atoms with van der Waals surface area (Å²) in [6, 6.07) is 11.6. The first-order valence-electron chi connectivity index (χ1n) is 9.98. The van der Waals surface area contributed by atoms with Gasteiger partial charge in [0.05, 0.1) is 25.0 Å². The van der Waals surface area contributed by atoms with E-state index in [0.717, 1.165) is 40.4 Å². The van der Waals surface area contributed by atoms with Gasteiger partial charge in [-0.3, -0.25) is 9.48 Å². The molecule has 3 aromatic rings. The van der Waals surface area contributed by atoms with Crippen molar-refractivity contribution in [2.24, 2.45) is 0 Å². The first-order valence-corrected chi connectivity index (χ1v) is 9.98. The van der Waals surface area contributed by atoms with Crippen LogP contribution in [0.2, 0.25) is 0 Å². The quantitative estimate of drug-likeness (QED) is 0.647. The zero-order valence-electron chi connectivity index (χ0n) is 17.4. The Kier molecular flexibility index (Phi) is 5.65. The smallest absolute Gasteiger partial charge is 0.233 e. The highest BCUT2D eigenvalue weighted by atomic mass is 16.5. The molecule has 0 unspecified atom stereocenters. The van der Waals surface area contributed by atoms with Crippen molar-refractivity contribution < 1.29 is 14.3 Å². The molecular formula is C22H25N5O3. The molecule has 2 aromatic heterocycles. The number of methoxy groups -OCH3 is 1. The number of carbonyl (C=O) groups excluding carboxylic acids is 1. The van der Waals surface area contributed by atoms with Crippen molar-refractivity contribution in [1.29, 1.82) is 0 Å². The summed E-state index contributed by atoms with van der Waals surface area (Å²) in [5.74, 6) is 1.26. The number of aryl methyl sites for hydroxylation is 3. The molecule has 1 aliphatic heterocycles. The Morgan fingerprint density at radius 3 is 2.83 bits per heavy atom. The molecule has 156 valence electrons. The molecule has 3 heterocycles. The highest BCUT2D eigenvalue weighted by molar-refractivity contribution is 5.76. The summed E-state index contributed by atoms with van der Waals surface area (Å²) in [7, 11) is 1.56. The van der Waals surface area contributed by atoms with Crippen molar-refractivity contribution in [1.82, 2.24) is 25.3 Å². The predicted octanol–water partition coefficient (Wildman–Crippen LogP) is 2.48. The van der Waals surface area contributed by atoms with Gasteiger partial charge in [-0.25, -0.2) is 0 Å². The van der Waals surface area contributed by atoms with Crippen molar-refractivity contribution in [3.05, 3.63) is 53.3 Å². The Bertz CT molecular complexity index is 1050. The van der Waals surface area contributed by atoms with Crippen molar-refractivity contribution in [2.45, 2.75) is 39.3 Å². The van der Waals surface area contributed by atoms with Crippen LogP contribution in [0.4, 0.5) is 0 Å². The standard InChI is InChI=1S/C22H25N5O3/c1-14-11-15(2)27(26-14)10-9-20(28)23-13-17-12-16-5-4-6-18(22(16)30-17)19-7-8-21(29-3)25-24-19/h4-8,11,17H,9-10,12-13H2,1-3H3,(H,23,28)/t17-/m0/s1. The van der Waals surface area contributed by atoms with Crippen LogP contribution in [0.5, 0.6) is 11.6 Å². The number of hydrogen-bond donors (Lipinski definition) is 1. The molecule has 8 nitrogen and oxygen atoms in total.